The number of nitrogens with two attached hydrogens (primary N) is 2. The van der Waals surface area contributed by atoms with Gasteiger partial charge in [0.05, 0.1) is 17.6 Å². The highest BCUT2D eigenvalue weighted by atomic mass is 19.4. The normalized spacial score (nSPS) is 12.9. The Bertz CT molecular complexity index is 571. The molecule has 22 heavy (non-hydrogen) atoms. The third-order valence-electron chi connectivity index (χ3n) is 2.69. The summed E-state index contributed by atoms with van der Waals surface area (Å²) in [5.41, 5.74) is 9.86. The van der Waals surface area contributed by atoms with Crippen LogP contribution in [0, 0.1) is 5.41 Å². The molecule has 1 aromatic carbocycles. The number of nitrogens with zero attached hydrogens (tertiary/aromatic N) is 1. The number of anilines is 1. The highest BCUT2D eigenvalue weighted by Gasteiger charge is 2.32. The number of primary amides is 1. The van der Waals surface area contributed by atoms with Gasteiger partial charge in [0.2, 0.25) is 5.91 Å². The van der Waals surface area contributed by atoms with E-state index in [1.54, 1.807) is 13.8 Å². The zero-order chi connectivity index (χ0) is 17.0. The van der Waals surface area contributed by atoms with Crippen molar-refractivity contribution in [3.63, 3.8) is 0 Å². The predicted octanol–water partition coefficient (Wildman–Crippen LogP) is 1.82. The van der Waals surface area contributed by atoms with Crippen LogP contribution in [0.25, 0.3) is 0 Å². The van der Waals surface area contributed by atoms with Crippen molar-refractivity contribution >= 4 is 17.6 Å². The van der Waals surface area contributed by atoms with Gasteiger partial charge in [0.15, 0.2) is 11.7 Å². The Morgan fingerprint density at radius 1 is 1.27 bits per heavy atom. The van der Waals surface area contributed by atoms with Crippen LogP contribution in [0.15, 0.2) is 29.3 Å². The first-order valence-corrected chi connectivity index (χ1v) is 6.23. The second-order valence-corrected chi connectivity index (χ2v) is 5.12. The number of carbonyl (C=O) groups is 1. The van der Waals surface area contributed by atoms with Crippen LogP contribution in [0.4, 0.5) is 18.9 Å². The van der Waals surface area contributed by atoms with E-state index in [1.807, 2.05) is 0 Å². The quantitative estimate of drug-likeness (QED) is 0.569. The maximum absolute atomic E-state index is 12.3. The van der Waals surface area contributed by atoms with Gasteiger partial charge in [-0.15, -0.1) is 13.2 Å². The summed E-state index contributed by atoms with van der Waals surface area (Å²) in [6, 6.07) is 5.38. The van der Waals surface area contributed by atoms with Crippen molar-refractivity contribution in [3.05, 3.63) is 24.3 Å². The average Bonchev–Trinajstić information content (AvgIpc) is 2.37. The minimum Gasteiger partial charge on any atom is -0.404 e. The number of para-hydroxylation sites is 2. The summed E-state index contributed by atoms with van der Waals surface area (Å²) < 4.78 is 40.7. The number of nitrogens with one attached hydrogen (secondary N) is 1. The molecule has 0 radical (unpaired) electrons. The molecule has 0 aromatic heterocycles. The Kier molecular flexibility index (Phi) is 5.23. The molecule has 0 aliphatic rings. The lowest BCUT2D eigenvalue weighted by Gasteiger charge is -2.18. The number of amides is 1. The van der Waals surface area contributed by atoms with Crippen LogP contribution < -0.4 is 21.5 Å². The predicted molar refractivity (Wildman–Crippen MR) is 76.2 cm³/mol. The second-order valence-electron chi connectivity index (χ2n) is 5.12. The molecule has 0 saturated heterocycles. The molecule has 0 aliphatic heterocycles. The number of ether oxygens (including phenoxy) is 1. The summed E-state index contributed by atoms with van der Waals surface area (Å²) in [6.07, 6.45) is -4.82. The number of hydrogen-bond donors (Lipinski definition) is 3. The van der Waals surface area contributed by atoms with Crippen molar-refractivity contribution in [1.82, 2.24) is 0 Å². The van der Waals surface area contributed by atoms with E-state index >= 15 is 0 Å². The van der Waals surface area contributed by atoms with Crippen molar-refractivity contribution in [3.8, 4) is 5.75 Å². The van der Waals surface area contributed by atoms with E-state index in [2.05, 4.69) is 15.0 Å². The molecule has 0 fully saturated rings. The zero-order valence-corrected chi connectivity index (χ0v) is 12.1. The summed E-state index contributed by atoms with van der Waals surface area (Å²) in [5, 5.41) is 2.50. The minimum absolute atomic E-state index is 0.00189. The molecule has 0 spiro atoms. The van der Waals surface area contributed by atoms with Crippen LogP contribution in [0.1, 0.15) is 13.8 Å². The molecular formula is C13H17F3N4O2. The molecule has 5 N–H and O–H groups in total. The third kappa shape index (κ3) is 5.51. The third-order valence-corrected chi connectivity index (χ3v) is 2.69. The lowest BCUT2D eigenvalue weighted by atomic mass is 9.93. The van der Waals surface area contributed by atoms with Crippen molar-refractivity contribution < 1.29 is 22.7 Å². The molecule has 0 atom stereocenters. The lowest BCUT2D eigenvalue weighted by molar-refractivity contribution is -0.274. The number of aliphatic imine (C=N–C) groups is 1. The van der Waals surface area contributed by atoms with Crippen LogP contribution >= 0.6 is 0 Å². The van der Waals surface area contributed by atoms with Crippen LogP contribution in [0.2, 0.25) is 0 Å². The maximum atomic E-state index is 12.3. The van der Waals surface area contributed by atoms with Crippen molar-refractivity contribution in [1.29, 1.82) is 0 Å². The summed E-state index contributed by atoms with van der Waals surface area (Å²) in [5.74, 6) is -1.17. The molecule has 1 aromatic rings. The van der Waals surface area contributed by atoms with Crippen LogP contribution in [-0.2, 0) is 4.79 Å². The van der Waals surface area contributed by atoms with E-state index in [0.717, 1.165) is 6.07 Å². The minimum atomic E-state index is -4.82. The zero-order valence-electron chi connectivity index (χ0n) is 12.1. The molecule has 0 heterocycles. The Morgan fingerprint density at radius 3 is 2.41 bits per heavy atom. The summed E-state index contributed by atoms with van der Waals surface area (Å²) >= 11 is 0. The van der Waals surface area contributed by atoms with E-state index in [9.17, 15) is 18.0 Å². The number of carbonyl (C=O) groups excluding carboxylic acids is 1. The van der Waals surface area contributed by atoms with E-state index in [1.165, 1.54) is 18.2 Å². The van der Waals surface area contributed by atoms with Gasteiger partial charge < -0.3 is 21.5 Å². The Hall–Kier alpha value is -2.45. The Morgan fingerprint density at radius 2 is 1.86 bits per heavy atom. The largest absolute Gasteiger partial charge is 0.573 e. The number of rotatable bonds is 5. The monoisotopic (exact) mass is 318 g/mol. The fourth-order valence-electron chi connectivity index (χ4n) is 1.32. The van der Waals surface area contributed by atoms with Gasteiger partial charge in [-0.1, -0.05) is 12.1 Å². The molecule has 6 nitrogen and oxygen atoms in total. The maximum Gasteiger partial charge on any atom is 0.573 e. The number of guanidine groups is 1. The van der Waals surface area contributed by atoms with E-state index in [-0.39, 0.29) is 18.2 Å². The molecule has 0 aliphatic carbocycles. The van der Waals surface area contributed by atoms with Gasteiger partial charge in [-0.05, 0) is 26.0 Å². The summed E-state index contributed by atoms with van der Waals surface area (Å²) in [7, 11) is 0. The second kappa shape index (κ2) is 6.54. The van der Waals surface area contributed by atoms with E-state index in [4.69, 9.17) is 11.5 Å². The lowest BCUT2D eigenvalue weighted by Crippen LogP contribution is -2.35. The molecular weight excluding hydrogens is 301 g/mol. The molecule has 0 unspecified atom stereocenters. The van der Waals surface area contributed by atoms with E-state index in [0.29, 0.717) is 0 Å². The fourth-order valence-corrected chi connectivity index (χ4v) is 1.32. The topological polar surface area (TPSA) is 103 Å². The van der Waals surface area contributed by atoms with Gasteiger partial charge in [0.1, 0.15) is 0 Å². The summed E-state index contributed by atoms with van der Waals surface area (Å²) in [6.45, 7) is 3.14. The van der Waals surface area contributed by atoms with Gasteiger partial charge >= 0.3 is 6.36 Å². The van der Waals surface area contributed by atoms with Crippen LogP contribution in [-0.4, -0.2) is 24.8 Å². The number of hydrogen-bond acceptors (Lipinski definition) is 3. The van der Waals surface area contributed by atoms with Crippen LogP contribution in [0.3, 0.4) is 0 Å². The Labute approximate surface area is 125 Å². The van der Waals surface area contributed by atoms with Crippen molar-refractivity contribution in [2.45, 2.75) is 20.2 Å². The average molecular weight is 318 g/mol. The molecule has 122 valence electrons. The smallest absolute Gasteiger partial charge is 0.404 e. The molecule has 0 saturated carbocycles. The molecule has 1 rings (SSSR count). The molecule has 1 amide bonds. The first kappa shape index (κ1) is 17.6. The van der Waals surface area contributed by atoms with Crippen molar-refractivity contribution in [2.24, 2.45) is 21.9 Å². The van der Waals surface area contributed by atoms with Gasteiger partial charge in [-0.2, -0.15) is 0 Å². The van der Waals surface area contributed by atoms with Gasteiger partial charge in [0.25, 0.3) is 0 Å². The Balaban J connectivity index is 2.84. The number of benzene rings is 1. The van der Waals surface area contributed by atoms with Crippen molar-refractivity contribution in [2.75, 3.05) is 11.9 Å². The first-order valence-electron chi connectivity index (χ1n) is 6.23. The standard InChI is InChI=1S/C13H17F3N4O2/c1-12(2,10(17)21)7-19-11(18)20-8-5-3-4-6-9(8)22-13(14,15)16/h3-6H,7H2,1-2H3,(H2,17,21)(H3,18,19,20). The molecule has 0 bridgehead atoms. The SMILES string of the molecule is CC(C)(CN=C(N)Nc1ccccc1OC(F)(F)F)C(N)=O. The van der Waals surface area contributed by atoms with Gasteiger partial charge in [0, 0.05) is 0 Å². The molecule has 9 heteroatoms. The fraction of sp³-hybridized carbons (Fsp3) is 0.385. The van der Waals surface area contributed by atoms with Gasteiger partial charge in [-0.3, -0.25) is 9.79 Å². The highest BCUT2D eigenvalue weighted by molar-refractivity contribution is 5.94. The first-order chi connectivity index (χ1) is 10.0. The van der Waals surface area contributed by atoms with Gasteiger partial charge in [-0.25, -0.2) is 0 Å². The summed E-state index contributed by atoms with van der Waals surface area (Å²) in [4.78, 5) is 15.0. The number of halogens is 3. The van der Waals surface area contributed by atoms with Crippen LogP contribution in [0.5, 0.6) is 5.75 Å². The number of alkyl halides is 3. The van der Waals surface area contributed by atoms with E-state index < -0.39 is 23.4 Å². The highest BCUT2D eigenvalue weighted by Crippen LogP contribution is 2.29.